The molecule has 2 rings (SSSR count). The molecule has 6 nitrogen and oxygen atoms in total. The highest BCUT2D eigenvalue weighted by molar-refractivity contribution is 7.86. The van der Waals surface area contributed by atoms with Crippen LogP contribution in [0.4, 0.5) is 8.78 Å². The fourth-order valence-corrected chi connectivity index (χ4v) is 2.43. The minimum absolute atomic E-state index is 0.0676. The van der Waals surface area contributed by atoms with Gasteiger partial charge in [-0.3, -0.25) is 9.59 Å². The van der Waals surface area contributed by atoms with Gasteiger partial charge in [0.15, 0.2) is 0 Å². The number of nitrogens with zero attached hydrogens (tertiary/aromatic N) is 1. The third-order valence-electron chi connectivity index (χ3n) is 2.34. The molecule has 0 radical (unpaired) electrons. The number of imide groups is 1. The highest BCUT2D eigenvalue weighted by Crippen LogP contribution is 2.22. The molecular weight excluding hydrogens is 284 g/mol. The van der Waals surface area contributed by atoms with E-state index in [9.17, 15) is 26.8 Å². The molecule has 1 aromatic carbocycles. The second-order valence-corrected chi connectivity index (χ2v) is 5.18. The summed E-state index contributed by atoms with van der Waals surface area (Å²) in [6.07, 6.45) is -0.361. The van der Waals surface area contributed by atoms with E-state index in [1.807, 2.05) is 0 Å². The summed E-state index contributed by atoms with van der Waals surface area (Å²) in [5.41, 5.74) is 0. The van der Waals surface area contributed by atoms with E-state index in [2.05, 4.69) is 4.28 Å². The van der Waals surface area contributed by atoms with Gasteiger partial charge in [-0.25, -0.2) is 8.78 Å². The van der Waals surface area contributed by atoms with Crippen LogP contribution in [0.1, 0.15) is 12.8 Å². The van der Waals surface area contributed by atoms with Crippen molar-refractivity contribution in [2.45, 2.75) is 17.7 Å². The van der Waals surface area contributed by atoms with E-state index in [0.717, 1.165) is 0 Å². The fraction of sp³-hybridized carbons (Fsp3) is 0.200. The molecule has 9 heteroatoms. The van der Waals surface area contributed by atoms with Crippen LogP contribution >= 0.6 is 0 Å². The lowest BCUT2D eigenvalue weighted by molar-refractivity contribution is -0.163. The van der Waals surface area contributed by atoms with Gasteiger partial charge in [0.05, 0.1) is 0 Å². The number of hydrogen-bond donors (Lipinski definition) is 0. The molecule has 0 aliphatic carbocycles. The van der Waals surface area contributed by atoms with Crippen molar-refractivity contribution < 1.29 is 31.1 Å². The van der Waals surface area contributed by atoms with Gasteiger partial charge in [-0.2, -0.15) is 8.42 Å². The van der Waals surface area contributed by atoms with Gasteiger partial charge in [0.1, 0.15) is 16.5 Å². The molecule has 0 atom stereocenters. The molecule has 0 spiro atoms. The molecule has 0 saturated carbocycles. The fourth-order valence-electron chi connectivity index (χ4n) is 1.46. The molecule has 0 aromatic heterocycles. The summed E-state index contributed by atoms with van der Waals surface area (Å²) < 4.78 is 53.6. The molecular formula is C10H7F2NO5S. The Morgan fingerprint density at radius 2 is 1.68 bits per heavy atom. The Morgan fingerprint density at radius 3 is 2.21 bits per heavy atom. The summed E-state index contributed by atoms with van der Waals surface area (Å²) >= 11 is 0. The van der Waals surface area contributed by atoms with Crippen molar-refractivity contribution in [2.24, 2.45) is 0 Å². The van der Waals surface area contributed by atoms with Gasteiger partial charge < -0.3 is 0 Å². The van der Waals surface area contributed by atoms with Crippen molar-refractivity contribution in [1.82, 2.24) is 5.06 Å². The van der Waals surface area contributed by atoms with Crippen LogP contribution in [0, 0.1) is 11.6 Å². The van der Waals surface area contributed by atoms with Crippen molar-refractivity contribution in [1.29, 1.82) is 0 Å². The van der Waals surface area contributed by atoms with Gasteiger partial charge in [-0.1, -0.05) is 0 Å². The van der Waals surface area contributed by atoms with Gasteiger partial charge >= 0.3 is 10.1 Å². The zero-order chi connectivity index (χ0) is 14.2. The van der Waals surface area contributed by atoms with Crippen molar-refractivity contribution >= 4 is 21.9 Å². The first kappa shape index (κ1) is 13.6. The maximum atomic E-state index is 13.3. The van der Waals surface area contributed by atoms with Crippen LogP contribution in [0.5, 0.6) is 0 Å². The van der Waals surface area contributed by atoms with Gasteiger partial charge in [-0.15, -0.1) is 9.35 Å². The molecule has 1 aromatic rings. The highest BCUT2D eigenvalue weighted by atomic mass is 32.2. The van der Waals surface area contributed by atoms with E-state index in [1.165, 1.54) is 0 Å². The van der Waals surface area contributed by atoms with Crippen LogP contribution in [0.15, 0.2) is 23.1 Å². The average molecular weight is 291 g/mol. The topological polar surface area (TPSA) is 80.8 Å². The standard InChI is InChI=1S/C10H7F2NO5S/c11-6-1-2-8(7(12)5-6)19(16,17)18-13-9(14)3-4-10(13)15/h1-2,5H,3-4H2. The van der Waals surface area contributed by atoms with Crippen molar-refractivity contribution in [3.8, 4) is 0 Å². The molecule has 1 aliphatic rings. The lowest BCUT2D eigenvalue weighted by Gasteiger charge is -2.13. The van der Waals surface area contributed by atoms with Crippen molar-refractivity contribution in [3.63, 3.8) is 0 Å². The van der Waals surface area contributed by atoms with E-state index in [1.54, 1.807) is 0 Å². The predicted octanol–water partition coefficient (Wildman–Crippen LogP) is 0.734. The quantitative estimate of drug-likeness (QED) is 0.767. The second-order valence-electron chi connectivity index (χ2n) is 3.69. The number of benzene rings is 1. The zero-order valence-corrected chi connectivity index (χ0v) is 10.1. The lowest BCUT2D eigenvalue weighted by atomic mass is 10.3. The van der Waals surface area contributed by atoms with Gasteiger partial charge in [0.25, 0.3) is 11.8 Å². The van der Waals surface area contributed by atoms with Crippen LogP contribution in [0.2, 0.25) is 0 Å². The predicted molar refractivity (Wildman–Crippen MR) is 55.7 cm³/mol. The Labute approximate surface area is 106 Å². The zero-order valence-electron chi connectivity index (χ0n) is 9.30. The minimum Gasteiger partial charge on any atom is -0.272 e. The van der Waals surface area contributed by atoms with Crippen molar-refractivity contribution in [2.75, 3.05) is 0 Å². The Balaban J connectivity index is 2.33. The van der Waals surface area contributed by atoms with E-state index < -0.39 is 38.5 Å². The first-order chi connectivity index (χ1) is 8.81. The summed E-state index contributed by atoms with van der Waals surface area (Å²) in [6.45, 7) is 0. The molecule has 0 bridgehead atoms. The number of carbonyl (C=O) groups is 2. The molecule has 1 fully saturated rings. The largest absolute Gasteiger partial charge is 0.321 e. The molecule has 0 N–H and O–H groups in total. The van der Waals surface area contributed by atoms with Gasteiger partial charge in [0, 0.05) is 18.9 Å². The Kier molecular flexibility index (Phi) is 3.33. The monoisotopic (exact) mass is 291 g/mol. The van der Waals surface area contributed by atoms with Gasteiger partial charge in [-0.05, 0) is 12.1 Å². The molecule has 102 valence electrons. The molecule has 2 amide bonds. The van der Waals surface area contributed by atoms with Crippen LogP contribution in [0.3, 0.4) is 0 Å². The molecule has 0 unspecified atom stereocenters. The first-order valence-electron chi connectivity index (χ1n) is 5.07. The highest BCUT2D eigenvalue weighted by Gasteiger charge is 2.36. The summed E-state index contributed by atoms with van der Waals surface area (Å²) in [6, 6.07) is 1.71. The lowest BCUT2D eigenvalue weighted by Crippen LogP contribution is -2.32. The molecule has 1 aliphatic heterocycles. The third-order valence-corrected chi connectivity index (χ3v) is 3.56. The number of hydrogen-bond acceptors (Lipinski definition) is 5. The van der Waals surface area contributed by atoms with E-state index in [4.69, 9.17) is 0 Å². The Bertz CT molecular complexity index is 642. The summed E-state index contributed by atoms with van der Waals surface area (Å²) in [4.78, 5) is 21.4. The van der Waals surface area contributed by atoms with Crippen LogP contribution in [0.25, 0.3) is 0 Å². The molecule has 19 heavy (non-hydrogen) atoms. The van der Waals surface area contributed by atoms with E-state index >= 15 is 0 Å². The van der Waals surface area contributed by atoms with E-state index in [0.29, 0.717) is 18.2 Å². The maximum absolute atomic E-state index is 13.3. The number of rotatable bonds is 3. The number of carbonyl (C=O) groups excluding carboxylic acids is 2. The Hall–Kier alpha value is -1.87. The minimum atomic E-state index is -4.71. The summed E-state index contributed by atoms with van der Waals surface area (Å²) in [7, 11) is -4.71. The van der Waals surface area contributed by atoms with Gasteiger partial charge in [0.2, 0.25) is 0 Å². The van der Waals surface area contributed by atoms with Crippen molar-refractivity contribution in [3.05, 3.63) is 29.8 Å². The summed E-state index contributed by atoms with van der Waals surface area (Å²) in [5, 5.41) is 0.0676. The normalized spacial score (nSPS) is 16.2. The third kappa shape index (κ3) is 2.61. The number of amides is 2. The average Bonchev–Trinajstić information content (AvgIpc) is 2.60. The number of hydroxylamine groups is 2. The maximum Gasteiger partial charge on any atom is 0.321 e. The molecule has 1 saturated heterocycles. The van der Waals surface area contributed by atoms with Crippen LogP contribution in [-0.4, -0.2) is 25.3 Å². The van der Waals surface area contributed by atoms with Crippen LogP contribution in [-0.2, 0) is 24.0 Å². The number of halogens is 2. The molecule has 1 heterocycles. The first-order valence-corrected chi connectivity index (χ1v) is 6.47. The summed E-state index contributed by atoms with van der Waals surface area (Å²) in [5.74, 6) is -4.02. The van der Waals surface area contributed by atoms with E-state index in [-0.39, 0.29) is 17.9 Å². The van der Waals surface area contributed by atoms with Crippen LogP contribution < -0.4 is 0 Å². The smallest absolute Gasteiger partial charge is 0.272 e. The Morgan fingerprint density at radius 1 is 1.11 bits per heavy atom. The SMILES string of the molecule is O=C1CCC(=O)N1OS(=O)(=O)c1ccc(F)cc1F. The second kappa shape index (κ2) is 4.67.